The van der Waals surface area contributed by atoms with E-state index in [2.05, 4.69) is 11.9 Å². The molecule has 0 fully saturated rings. The van der Waals surface area contributed by atoms with Gasteiger partial charge >= 0.3 is 5.97 Å². The van der Waals surface area contributed by atoms with Crippen LogP contribution >= 0.6 is 0 Å². The quantitative estimate of drug-likeness (QED) is 0.336. The summed E-state index contributed by atoms with van der Waals surface area (Å²) < 4.78 is 6.63. The van der Waals surface area contributed by atoms with Crippen molar-refractivity contribution in [2.24, 2.45) is 0 Å². The molecule has 0 unspecified atom stereocenters. The largest absolute Gasteiger partial charge is 0.462 e. The summed E-state index contributed by atoms with van der Waals surface area (Å²) in [5.74, 6) is -0.228. The molecule has 5 heteroatoms. The van der Waals surface area contributed by atoms with Crippen molar-refractivity contribution in [3.63, 3.8) is 0 Å². The maximum atomic E-state index is 12.1. The summed E-state index contributed by atoms with van der Waals surface area (Å²) in [5, 5.41) is 0. The first-order valence-electron chi connectivity index (χ1n) is 8.91. The van der Waals surface area contributed by atoms with Gasteiger partial charge in [0.05, 0.1) is 12.2 Å². The lowest BCUT2D eigenvalue weighted by molar-refractivity contribution is 0.0499. The molecular weight excluding hydrogens is 352 g/mol. The standard InChI is InChI=1S/C18H20O2.C4H4N2O.CH4/c1-3-4-12-20-18(19)17-13-16(11-10-14(17)2)15-8-6-5-7-9-15;7-4-6-2-1-5-3-6;/h5-11,13H,3-4,12H2,1-2H3;1-4H;1H4. The van der Waals surface area contributed by atoms with E-state index in [0.29, 0.717) is 18.6 Å². The van der Waals surface area contributed by atoms with Crippen molar-refractivity contribution in [1.29, 1.82) is 0 Å². The lowest BCUT2D eigenvalue weighted by Gasteiger charge is -2.09. The molecule has 1 heterocycles. The van der Waals surface area contributed by atoms with E-state index < -0.39 is 0 Å². The minimum absolute atomic E-state index is 0. The number of unbranched alkanes of at least 4 members (excludes halogenated alkanes) is 1. The molecule has 5 nitrogen and oxygen atoms in total. The van der Waals surface area contributed by atoms with E-state index in [1.165, 1.54) is 10.9 Å². The zero-order valence-corrected chi connectivity index (χ0v) is 15.7. The van der Waals surface area contributed by atoms with Gasteiger partial charge in [-0.05, 0) is 36.1 Å². The second-order valence-electron chi connectivity index (χ2n) is 6.00. The number of carbonyl (C=O) groups is 2. The van der Waals surface area contributed by atoms with Crippen molar-refractivity contribution in [2.75, 3.05) is 6.61 Å². The van der Waals surface area contributed by atoms with Crippen molar-refractivity contribution in [2.45, 2.75) is 34.1 Å². The zero-order chi connectivity index (χ0) is 19.5. The van der Waals surface area contributed by atoms with Crippen LogP contribution in [-0.4, -0.2) is 28.5 Å². The number of esters is 1. The van der Waals surface area contributed by atoms with Crippen LogP contribution < -0.4 is 0 Å². The molecule has 0 saturated heterocycles. The van der Waals surface area contributed by atoms with E-state index in [1.807, 2.05) is 55.5 Å². The number of aromatic nitrogens is 2. The van der Waals surface area contributed by atoms with Gasteiger partial charge < -0.3 is 4.74 Å². The summed E-state index contributed by atoms with van der Waals surface area (Å²) in [4.78, 5) is 25.5. The first-order valence-corrected chi connectivity index (χ1v) is 8.91. The molecule has 0 spiro atoms. The fourth-order valence-corrected chi connectivity index (χ4v) is 2.37. The molecule has 0 aliphatic rings. The number of rotatable bonds is 6. The van der Waals surface area contributed by atoms with Gasteiger partial charge in [0.25, 0.3) is 0 Å². The summed E-state index contributed by atoms with van der Waals surface area (Å²) in [5.41, 5.74) is 3.75. The predicted molar refractivity (Wildman–Crippen MR) is 113 cm³/mol. The van der Waals surface area contributed by atoms with E-state index in [1.54, 1.807) is 12.4 Å². The number of benzene rings is 2. The van der Waals surface area contributed by atoms with Crippen LogP contribution in [0.15, 0.2) is 67.3 Å². The van der Waals surface area contributed by atoms with Crippen LogP contribution in [0.3, 0.4) is 0 Å². The minimum atomic E-state index is -0.228. The van der Waals surface area contributed by atoms with Gasteiger partial charge in [0.2, 0.25) is 6.41 Å². The average molecular weight is 380 g/mol. The summed E-state index contributed by atoms with van der Waals surface area (Å²) in [7, 11) is 0. The Bertz CT molecular complexity index is 844. The van der Waals surface area contributed by atoms with Gasteiger partial charge in [-0.3, -0.25) is 9.36 Å². The first kappa shape index (κ1) is 22.8. The molecule has 2 aromatic carbocycles. The highest BCUT2D eigenvalue weighted by Crippen LogP contribution is 2.22. The van der Waals surface area contributed by atoms with E-state index in [0.717, 1.165) is 29.5 Å². The third-order valence-corrected chi connectivity index (χ3v) is 3.94. The van der Waals surface area contributed by atoms with E-state index in [-0.39, 0.29) is 13.4 Å². The summed E-state index contributed by atoms with van der Waals surface area (Å²) in [6.45, 7) is 4.50. The molecule has 0 aliphatic carbocycles. The van der Waals surface area contributed by atoms with Crippen LogP contribution in [0, 0.1) is 6.92 Å². The van der Waals surface area contributed by atoms with Gasteiger partial charge in [0.15, 0.2) is 0 Å². The maximum absolute atomic E-state index is 12.1. The lowest BCUT2D eigenvalue weighted by Crippen LogP contribution is -2.08. The number of nitrogens with zero attached hydrogens (tertiary/aromatic N) is 2. The molecular formula is C23H28N2O3. The Kier molecular flexibility index (Phi) is 9.97. The average Bonchev–Trinajstić information content (AvgIpc) is 3.23. The molecule has 0 amide bonds. The fourth-order valence-electron chi connectivity index (χ4n) is 2.37. The van der Waals surface area contributed by atoms with E-state index in [4.69, 9.17) is 4.74 Å². The molecule has 3 rings (SSSR count). The zero-order valence-electron chi connectivity index (χ0n) is 15.7. The Morgan fingerprint density at radius 3 is 2.46 bits per heavy atom. The Labute approximate surface area is 167 Å². The van der Waals surface area contributed by atoms with Gasteiger partial charge in [0.1, 0.15) is 6.33 Å². The van der Waals surface area contributed by atoms with Gasteiger partial charge in [-0.2, -0.15) is 0 Å². The normalized spacial score (nSPS) is 9.50. The monoisotopic (exact) mass is 380 g/mol. The number of aryl methyl sites for hydroxylation is 1. The highest BCUT2D eigenvalue weighted by molar-refractivity contribution is 5.92. The van der Waals surface area contributed by atoms with Crippen molar-refractivity contribution < 1.29 is 14.3 Å². The van der Waals surface area contributed by atoms with Crippen molar-refractivity contribution in [1.82, 2.24) is 9.55 Å². The molecule has 0 saturated carbocycles. The molecule has 0 N–H and O–H groups in total. The third kappa shape index (κ3) is 6.83. The number of carbonyl (C=O) groups excluding carboxylic acids is 2. The Morgan fingerprint density at radius 2 is 1.89 bits per heavy atom. The van der Waals surface area contributed by atoms with Crippen LogP contribution in [0.2, 0.25) is 0 Å². The van der Waals surface area contributed by atoms with Crippen LogP contribution in [0.25, 0.3) is 11.1 Å². The second-order valence-corrected chi connectivity index (χ2v) is 6.00. The topological polar surface area (TPSA) is 61.2 Å². The van der Waals surface area contributed by atoms with Gasteiger partial charge in [0, 0.05) is 12.4 Å². The molecule has 0 radical (unpaired) electrons. The smallest absolute Gasteiger partial charge is 0.338 e. The predicted octanol–water partition coefficient (Wildman–Crippen LogP) is 5.18. The molecule has 1 aromatic heterocycles. The Hall–Kier alpha value is -3.21. The molecule has 148 valence electrons. The molecule has 28 heavy (non-hydrogen) atoms. The lowest BCUT2D eigenvalue weighted by atomic mass is 10.00. The number of ether oxygens (including phenoxy) is 1. The molecule has 0 atom stereocenters. The fraction of sp³-hybridized carbons (Fsp3) is 0.261. The van der Waals surface area contributed by atoms with Gasteiger partial charge in [-0.15, -0.1) is 0 Å². The maximum Gasteiger partial charge on any atom is 0.338 e. The van der Waals surface area contributed by atoms with Gasteiger partial charge in [-0.25, -0.2) is 9.78 Å². The van der Waals surface area contributed by atoms with Crippen molar-refractivity contribution >= 4 is 12.4 Å². The highest BCUT2D eigenvalue weighted by Gasteiger charge is 2.11. The van der Waals surface area contributed by atoms with Crippen LogP contribution in [0.4, 0.5) is 0 Å². The first-order chi connectivity index (χ1) is 13.2. The minimum Gasteiger partial charge on any atom is -0.462 e. The van der Waals surface area contributed by atoms with E-state index >= 15 is 0 Å². The van der Waals surface area contributed by atoms with Crippen LogP contribution in [0.1, 0.15) is 43.1 Å². The Morgan fingerprint density at radius 1 is 1.14 bits per heavy atom. The molecule has 0 bridgehead atoms. The van der Waals surface area contributed by atoms with Gasteiger partial charge in [-0.1, -0.05) is 63.2 Å². The number of hydrogen-bond donors (Lipinski definition) is 0. The Balaban J connectivity index is 0.000000414. The number of hydrogen-bond acceptors (Lipinski definition) is 4. The third-order valence-electron chi connectivity index (χ3n) is 3.94. The summed E-state index contributed by atoms with van der Waals surface area (Å²) in [6.07, 6.45) is 7.18. The molecule has 3 aromatic rings. The van der Waals surface area contributed by atoms with Crippen LogP contribution in [0.5, 0.6) is 0 Å². The molecule has 0 aliphatic heterocycles. The van der Waals surface area contributed by atoms with Crippen molar-refractivity contribution in [3.05, 3.63) is 78.4 Å². The highest BCUT2D eigenvalue weighted by atomic mass is 16.5. The summed E-state index contributed by atoms with van der Waals surface area (Å²) >= 11 is 0. The van der Waals surface area contributed by atoms with Crippen LogP contribution in [-0.2, 0) is 9.53 Å². The number of imidazole rings is 1. The van der Waals surface area contributed by atoms with Crippen molar-refractivity contribution in [3.8, 4) is 11.1 Å². The SMILES string of the molecule is C.CCCCOC(=O)c1cc(-c2ccccc2)ccc1C.O=Cn1ccnc1. The second kappa shape index (κ2) is 12.2. The van der Waals surface area contributed by atoms with E-state index in [9.17, 15) is 9.59 Å². The summed E-state index contributed by atoms with van der Waals surface area (Å²) in [6, 6.07) is 16.0.